The number of fused-ring (bicyclic) bond motifs is 3. The molecule has 1 amide bonds. The average Bonchev–Trinajstić information content (AvgIpc) is 2.75. The number of aliphatic hydroxyl groups excluding tert-OH is 2. The number of carbonyl (C=O) groups excluding carboxylic acids is 3. The van der Waals surface area contributed by atoms with Crippen molar-refractivity contribution < 1.29 is 34.8 Å². The summed E-state index contributed by atoms with van der Waals surface area (Å²) in [6.07, 6.45) is 5.75. The summed E-state index contributed by atoms with van der Waals surface area (Å²) < 4.78 is 0. The van der Waals surface area contributed by atoms with Crippen LogP contribution in [0.5, 0.6) is 5.75 Å². The summed E-state index contributed by atoms with van der Waals surface area (Å²) in [5, 5.41) is 44.5. The van der Waals surface area contributed by atoms with Gasteiger partial charge < -0.3 is 31.1 Å². The Morgan fingerprint density at radius 2 is 1.83 bits per heavy atom. The van der Waals surface area contributed by atoms with Gasteiger partial charge in [0.25, 0.3) is 5.91 Å². The second-order valence-electron chi connectivity index (χ2n) is 9.65. The van der Waals surface area contributed by atoms with E-state index in [1.54, 1.807) is 39.2 Å². The minimum atomic E-state index is -2.67. The predicted octanol–water partition coefficient (Wildman–Crippen LogP) is 0.0113. The fourth-order valence-corrected chi connectivity index (χ4v) is 5.80. The minimum absolute atomic E-state index is 0.0241. The second kappa shape index (κ2) is 7.86. The van der Waals surface area contributed by atoms with Crippen LogP contribution < -0.4 is 10.6 Å². The van der Waals surface area contributed by atoms with Gasteiger partial charge in [-0.3, -0.25) is 19.3 Å². The molecule has 0 spiro atoms. The first-order chi connectivity index (χ1) is 16.3. The Labute approximate surface area is 201 Å². The van der Waals surface area contributed by atoms with Gasteiger partial charge in [-0.2, -0.15) is 0 Å². The molecule has 3 aliphatic carbocycles. The van der Waals surface area contributed by atoms with Crippen molar-refractivity contribution in [3.63, 3.8) is 0 Å². The van der Waals surface area contributed by atoms with E-state index in [-0.39, 0.29) is 35.3 Å². The number of nitrogens with zero attached hydrogens (tertiary/aromatic N) is 2. The zero-order valence-corrected chi connectivity index (χ0v) is 19.8. The molecule has 10 heteroatoms. The van der Waals surface area contributed by atoms with Crippen LogP contribution in [0, 0.1) is 24.2 Å². The summed E-state index contributed by atoms with van der Waals surface area (Å²) in [5.74, 6) is -4.62. The van der Waals surface area contributed by atoms with Crippen LogP contribution in [-0.4, -0.2) is 82.6 Å². The molecule has 1 aromatic carbocycles. The maximum Gasteiger partial charge on any atom is 0.255 e. The highest BCUT2D eigenvalue weighted by Gasteiger charge is 2.64. The largest absolute Gasteiger partial charge is 0.508 e. The Morgan fingerprint density at radius 1 is 1.20 bits per heavy atom. The molecule has 1 fully saturated rings. The van der Waals surface area contributed by atoms with E-state index < -0.39 is 58.0 Å². The molecular formula is C25H27N3O7. The molecule has 1 saturated carbocycles. The smallest absolute Gasteiger partial charge is 0.255 e. The van der Waals surface area contributed by atoms with Crippen molar-refractivity contribution in [3.05, 3.63) is 39.7 Å². The number of Topliss-reactive ketones (excluding diaryl/α,β-unsaturated/α-hetero) is 2. The molecule has 4 rings (SSSR count). The van der Waals surface area contributed by atoms with Gasteiger partial charge >= 0.3 is 0 Å². The molecule has 0 radical (unpaired) electrons. The van der Waals surface area contributed by atoms with Gasteiger partial charge in [-0.05, 0) is 44.5 Å². The number of likely N-dealkylation sites (N-methyl/N-ethyl adjacent to an activating group) is 1. The maximum absolute atomic E-state index is 13.8. The fourth-order valence-electron chi connectivity index (χ4n) is 5.80. The molecule has 0 aromatic heterocycles. The molecule has 0 saturated heterocycles. The molecule has 1 aromatic rings. The first kappa shape index (κ1) is 24.3. The van der Waals surface area contributed by atoms with Gasteiger partial charge in [-0.15, -0.1) is 6.42 Å². The van der Waals surface area contributed by atoms with E-state index in [1.807, 2.05) is 0 Å². The lowest BCUT2D eigenvalue weighted by atomic mass is 9.57. The highest BCUT2D eigenvalue weighted by Crippen LogP contribution is 2.54. The van der Waals surface area contributed by atoms with Crippen molar-refractivity contribution in [2.45, 2.75) is 24.5 Å². The first-order valence-electron chi connectivity index (χ1n) is 11.0. The average molecular weight is 482 g/mol. The number of amides is 1. The number of aromatic hydroxyl groups is 1. The number of benzene rings is 1. The number of ketones is 2. The van der Waals surface area contributed by atoms with E-state index >= 15 is 0 Å². The molecule has 3 aliphatic rings. The molecule has 6 N–H and O–H groups in total. The fraction of sp³-hybridized carbons (Fsp3) is 0.400. The third-order valence-corrected chi connectivity index (χ3v) is 7.33. The van der Waals surface area contributed by atoms with Crippen LogP contribution in [0.4, 0.5) is 5.69 Å². The molecule has 0 aliphatic heterocycles. The molecule has 35 heavy (non-hydrogen) atoms. The standard InChI is InChI=1S/C25H27N3O7/c1-6-10-9-14(27(2)3)12-7-11-8-13-18(28(4)5)21(31)17(24(26)34)23(33)25(13,35)22(32)15(11)20(30)16(12)19(10)29/h1,9,11,13,18,29-30,33,35H,7-8H2,2-5H3,(H2,26,34)/t11-,13-,18?,25-/m0/s1. The van der Waals surface area contributed by atoms with Gasteiger partial charge in [-0.1, -0.05) is 5.92 Å². The Kier molecular flexibility index (Phi) is 5.46. The topological polar surface area (TPSA) is 165 Å². The van der Waals surface area contributed by atoms with Crippen LogP contribution in [0.1, 0.15) is 23.1 Å². The van der Waals surface area contributed by atoms with Crippen LogP contribution in [0.2, 0.25) is 0 Å². The summed E-state index contributed by atoms with van der Waals surface area (Å²) in [6, 6.07) is 0.478. The maximum atomic E-state index is 13.8. The zero-order chi connectivity index (χ0) is 26.1. The number of phenols is 1. The predicted molar refractivity (Wildman–Crippen MR) is 127 cm³/mol. The van der Waals surface area contributed by atoms with Crippen LogP contribution in [-0.2, 0) is 20.8 Å². The number of terminal acetylenes is 1. The number of hydrogen-bond donors (Lipinski definition) is 5. The van der Waals surface area contributed by atoms with Gasteiger partial charge in [0.15, 0.2) is 11.4 Å². The van der Waals surface area contributed by atoms with Crippen molar-refractivity contribution in [2.24, 2.45) is 17.6 Å². The Bertz CT molecular complexity index is 1300. The lowest BCUT2D eigenvalue weighted by Gasteiger charge is -2.50. The zero-order valence-electron chi connectivity index (χ0n) is 19.8. The van der Waals surface area contributed by atoms with Gasteiger partial charge in [0.05, 0.1) is 17.2 Å². The molecule has 1 unspecified atom stereocenters. The highest BCUT2D eigenvalue weighted by atomic mass is 16.3. The number of hydrogen-bond acceptors (Lipinski definition) is 9. The molecule has 10 nitrogen and oxygen atoms in total. The summed E-state index contributed by atoms with van der Waals surface area (Å²) in [7, 11) is 6.64. The van der Waals surface area contributed by atoms with Gasteiger partial charge in [0, 0.05) is 31.3 Å². The molecule has 0 bridgehead atoms. The third kappa shape index (κ3) is 3.08. The number of primary amides is 1. The van der Waals surface area contributed by atoms with E-state index in [0.29, 0.717) is 11.3 Å². The SMILES string of the molecule is C#Cc1cc(N(C)C)c2c(c1O)C(O)=C1C(=O)[C@]3(O)C(O)=C(C(N)=O)C(=O)C(N(C)C)[C@@H]3C[C@@H]1C2. The van der Waals surface area contributed by atoms with Gasteiger partial charge in [-0.25, -0.2) is 0 Å². The minimum Gasteiger partial charge on any atom is -0.508 e. The molecule has 4 atom stereocenters. The van der Waals surface area contributed by atoms with Crippen molar-refractivity contribution in [1.29, 1.82) is 0 Å². The number of aliphatic hydroxyl groups is 3. The first-order valence-corrected chi connectivity index (χ1v) is 11.0. The van der Waals surface area contributed by atoms with Crippen LogP contribution >= 0.6 is 0 Å². The Hall–Kier alpha value is -3.81. The van der Waals surface area contributed by atoms with Gasteiger partial charge in [0.1, 0.15) is 22.8 Å². The van der Waals surface area contributed by atoms with Crippen LogP contribution in [0.3, 0.4) is 0 Å². The van der Waals surface area contributed by atoms with Crippen molar-refractivity contribution in [2.75, 3.05) is 33.1 Å². The number of carbonyl (C=O) groups is 3. The summed E-state index contributed by atoms with van der Waals surface area (Å²) >= 11 is 0. The van der Waals surface area contributed by atoms with Crippen LogP contribution in [0.15, 0.2) is 23.0 Å². The van der Waals surface area contributed by atoms with Gasteiger partial charge in [0.2, 0.25) is 5.78 Å². The second-order valence-corrected chi connectivity index (χ2v) is 9.65. The monoisotopic (exact) mass is 481 g/mol. The molecule has 184 valence electrons. The summed E-state index contributed by atoms with van der Waals surface area (Å²) in [5.41, 5.74) is 2.84. The number of anilines is 1. The molecular weight excluding hydrogens is 454 g/mol. The molecule has 0 heterocycles. The normalized spacial score (nSPS) is 27.9. The van der Waals surface area contributed by atoms with Crippen molar-refractivity contribution in [3.8, 4) is 18.1 Å². The van der Waals surface area contributed by atoms with E-state index in [2.05, 4.69) is 5.92 Å². The van der Waals surface area contributed by atoms with E-state index in [1.165, 1.54) is 4.90 Å². The quantitative estimate of drug-likeness (QED) is 0.295. The summed E-state index contributed by atoms with van der Waals surface area (Å²) in [4.78, 5) is 42.1. The lowest BCUT2D eigenvalue weighted by molar-refractivity contribution is -0.153. The van der Waals surface area contributed by atoms with Crippen LogP contribution in [0.25, 0.3) is 5.76 Å². The van der Waals surface area contributed by atoms with E-state index in [4.69, 9.17) is 12.2 Å². The Morgan fingerprint density at radius 3 is 2.34 bits per heavy atom. The van der Waals surface area contributed by atoms with E-state index in [9.17, 15) is 34.8 Å². The number of nitrogens with two attached hydrogens (primary N) is 1. The van der Waals surface area contributed by atoms with Crippen molar-refractivity contribution >= 4 is 28.9 Å². The lowest BCUT2D eigenvalue weighted by Crippen LogP contribution is -2.65. The number of phenolic OH excluding ortho intramolecular Hbond substituents is 1. The highest BCUT2D eigenvalue weighted by molar-refractivity contribution is 6.24. The Balaban J connectivity index is 2.03. The van der Waals surface area contributed by atoms with Crippen molar-refractivity contribution in [1.82, 2.24) is 4.90 Å². The summed E-state index contributed by atoms with van der Waals surface area (Å²) in [6.45, 7) is 0. The third-order valence-electron chi connectivity index (χ3n) is 7.33. The number of rotatable bonds is 3. The van der Waals surface area contributed by atoms with E-state index in [0.717, 1.165) is 0 Å².